The van der Waals surface area contributed by atoms with Crippen molar-refractivity contribution in [3.63, 3.8) is 0 Å². The number of nitrogens with zero attached hydrogens (tertiary/aromatic N) is 3. The molecule has 0 spiro atoms. The second kappa shape index (κ2) is 6.24. The molecule has 2 N–H and O–H groups in total. The van der Waals surface area contributed by atoms with Gasteiger partial charge in [0.1, 0.15) is 23.2 Å². The molecule has 21 heavy (non-hydrogen) atoms. The Kier molecular flexibility index (Phi) is 4.17. The minimum Gasteiger partial charge on any atom is -0.492 e. The third kappa shape index (κ3) is 3.40. The molecule has 5 nitrogen and oxygen atoms in total. The van der Waals surface area contributed by atoms with Crippen LogP contribution in [0.4, 0.5) is 0 Å². The van der Waals surface area contributed by atoms with Gasteiger partial charge in [0.25, 0.3) is 0 Å². The Morgan fingerprint density at radius 1 is 1.38 bits per heavy atom. The summed E-state index contributed by atoms with van der Waals surface area (Å²) in [5.74, 6) is 1.93. The third-order valence-electron chi connectivity index (χ3n) is 3.62. The van der Waals surface area contributed by atoms with Crippen LogP contribution in [0.5, 0.6) is 5.75 Å². The fourth-order valence-electron chi connectivity index (χ4n) is 2.45. The van der Waals surface area contributed by atoms with E-state index in [9.17, 15) is 0 Å². The van der Waals surface area contributed by atoms with Gasteiger partial charge in [-0.1, -0.05) is 24.4 Å². The standard InChI is InChI=1S/C15H18N4OS/c16-15(21)12-2-1-3-13(10-12)20-9-8-18-6-7-19-5-4-17-14(19)11-18/h1-5,10H,6-9,11H2,(H2,16,21). The summed E-state index contributed by atoms with van der Waals surface area (Å²) in [5.41, 5.74) is 6.46. The van der Waals surface area contributed by atoms with Crippen molar-refractivity contribution in [1.29, 1.82) is 0 Å². The lowest BCUT2D eigenvalue weighted by atomic mass is 10.2. The first-order valence-corrected chi connectivity index (χ1v) is 7.38. The van der Waals surface area contributed by atoms with E-state index in [1.54, 1.807) is 0 Å². The van der Waals surface area contributed by atoms with Crippen LogP contribution < -0.4 is 10.5 Å². The van der Waals surface area contributed by atoms with Crippen molar-refractivity contribution in [2.75, 3.05) is 19.7 Å². The minimum absolute atomic E-state index is 0.392. The molecule has 110 valence electrons. The summed E-state index contributed by atoms with van der Waals surface area (Å²) < 4.78 is 7.98. The summed E-state index contributed by atoms with van der Waals surface area (Å²) in [4.78, 5) is 7.10. The van der Waals surface area contributed by atoms with Crippen LogP contribution in [0.15, 0.2) is 36.7 Å². The summed E-state index contributed by atoms with van der Waals surface area (Å²) in [6.45, 7) is 4.42. The molecule has 2 aromatic rings. The van der Waals surface area contributed by atoms with Crippen LogP contribution in [-0.4, -0.2) is 39.1 Å². The van der Waals surface area contributed by atoms with Crippen molar-refractivity contribution in [3.8, 4) is 5.75 Å². The zero-order valence-electron chi connectivity index (χ0n) is 11.7. The highest BCUT2D eigenvalue weighted by atomic mass is 32.1. The normalized spacial score (nSPS) is 14.7. The largest absolute Gasteiger partial charge is 0.492 e. The first-order chi connectivity index (χ1) is 10.2. The van der Waals surface area contributed by atoms with E-state index in [2.05, 4.69) is 14.5 Å². The number of nitrogens with two attached hydrogens (primary N) is 1. The van der Waals surface area contributed by atoms with Crippen LogP contribution >= 0.6 is 12.2 Å². The Bertz CT molecular complexity index is 640. The van der Waals surface area contributed by atoms with E-state index in [0.29, 0.717) is 11.6 Å². The maximum absolute atomic E-state index is 5.78. The summed E-state index contributed by atoms with van der Waals surface area (Å²) in [6.07, 6.45) is 3.89. The molecule has 6 heteroatoms. The van der Waals surface area contributed by atoms with Gasteiger partial charge >= 0.3 is 0 Å². The van der Waals surface area contributed by atoms with E-state index in [4.69, 9.17) is 22.7 Å². The number of fused-ring (bicyclic) bond motifs is 1. The number of hydrogen-bond acceptors (Lipinski definition) is 4. The van der Waals surface area contributed by atoms with Crippen LogP contribution in [-0.2, 0) is 13.1 Å². The smallest absolute Gasteiger partial charge is 0.122 e. The quantitative estimate of drug-likeness (QED) is 0.846. The molecule has 0 saturated carbocycles. The first kappa shape index (κ1) is 14.0. The molecule has 0 atom stereocenters. The highest BCUT2D eigenvalue weighted by Gasteiger charge is 2.15. The zero-order valence-corrected chi connectivity index (χ0v) is 12.6. The lowest BCUT2D eigenvalue weighted by Gasteiger charge is -2.27. The summed E-state index contributed by atoms with van der Waals surface area (Å²) in [7, 11) is 0. The van der Waals surface area contributed by atoms with Crippen molar-refractivity contribution in [1.82, 2.24) is 14.5 Å². The van der Waals surface area contributed by atoms with Crippen molar-refractivity contribution in [2.45, 2.75) is 13.1 Å². The SMILES string of the molecule is NC(=S)c1cccc(OCCN2CCn3ccnc3C2)c1. The van der Waals surface area contributed by atoms with Crippen LogP contribution in [0.3, 0.4) is 0 Å². The molecule has 0 saturated heterocycles. The van der Waals surface area contributed by atoms with E-state index in [1.165, 1.54) is 0 Å². The first-order valence-electron chi connectivity index (χ1n) is 6.97. The molecule has 2 heterocycles. The van der Waals surface area contributed by atoms with E-state index in [0.717, 1.165) is 43.3 Å². The summed E-state index contributed by atoms with van der Waals surface area (Å²) in [5, 5.41) is 0. The number of ether oxygens (including phenoxy) is 1. The number of aromatic nitrogens is 2. The van der Waals surface area contributed by atoms with E-state index in [-0.39, 0.29) is 0 Å². The number of rotatable bonds is 5. The Labute approximate surface area is 129 Å². The van der Waals surface area contributed by atoms with E-state index < -0.39 is 0 Å². The molecule has 1 aliphatic rings. The van der Waals surface area contributed by atoms with Crippen LogP contribution in [0, 0.1) is 0 Å². The monoisotopic (exact) mass is 302 g/mol. The van der Waals surface area contributed by atoms with Gasteiger partial charge in [-0.15, -0.1) is 0 Å². The number of imidazole rings is 1. The van der Waals surface area contributed by atoms with Crippen molar-refractivity contribution >= 4 is 17.2 Å². The van der Waals surface area contributed by atoms with Crippen LogP contribution in [0.2, 0.25) is 0 Å². The van der Waals surface area contributed by atoms with Crippen molar-refractivity contribution in [3.05, 3.63) is 48.0 Å². The average Bonchev–Trinajstić information content (AvgIpc) is 2.95. The van der Waals surface area contributed by atoms with E-state index in [1.807, 2.05) is 36.7 Å². The maximum Gasteiger partial charge on any atom is 0.122 e. The van der Waals surface area contributed by atoms with Crippen molar-refractivity contribution in [2.24, 2.45) is 5.73 Å². The van der Waals surface area contributed by atoms with Gasteiger partial charge in [0.15, 0.2) is 0 Å². The molecule has 0 bridgehead atoms. The molecule has 1 aromatic carbocycles. The fraction of sp³-hybridized carbons (Fsp3) is 0.333. The molecule has 0 fully saturated rings. The Morgan fingerprint density at radius 3 is 3.14 bits per heavy atom. The second-order valence-electron chi connectivity index (χ2n) is 5.05. The summed E-state index contributed by atoms with van der Waals surface area (Å²) >= 11 is 4.97. The molecular formula is C15H18N4OS. The highest BCUT2D eigenvalue weighted by Crippen LogP contribution is 2.14. The fourth-order valence-corrected chi connectivity index (χ4v) is 2.57. The predicted octanol–water partition coefficient (Wildman–Crippen LogP) is 1.41. The highest BCUT2D eigenvalue weighted by molar-refractivity contribution is 7.80. The number of thiocarbonyl (C=S) groups is 1. The van der Waals surface area contributed by atoms with Gasteiger partial charge in [-0.2, -0.15) is 0 Å². The van der Waals surface area contributed by atoms with Gasteiger partial charge < -0.3 is 15.0 Å². The lowest BCUT2D eigenvalue weighted by molar-refractivity contribution is 0.175. The van der Waals surface area contributed by atoms with Gasteiger partial charge in [0.05, 0.1) is 6.54 Å². The van der Waals surface area contributed by atoms with Crippen LogP contribution in [0.25, 0.3) is 0 Å². The summed E-state index contributed by atoms with van der Waals surface area (Å²) in [6, 6.07) is 7.59. The van der Waals surface area contributed by atoms with Gasteiger partial charge in [0, 0.05) is 37.6 Å². The molecule has 0 radical (unpaired) electrons. The number of hydrogen-bond donors (Lipinski definition) is 1. The van der Waals surface area contributed by atoms with Gasteiger partial charge in [-0.3, -0.25) is 4.90 Å². The lowest BCUT2D eigenvalue weighted by Crippen LogP contribution is -2.36. The molecule has 1 aliphatic heterocycles. The zero-order chi connectivity index (χ0) is 14.7. The second-order valence-corrected chi connectivity index (χ2v) is 5.49. The van der Waals surface area contributed by atoms with Gasteiger partial charge in [-0.25, -0.2) is 4.98 Å². The molecular weight excluding hydrogens is 284 g/mol. The maximum atomic E-state index is 5.78. The van der Waals surface area contributed by atoms with E-state index >= 15 is 0 Å². The Hall–Kier alpha value is -1.92. The molecule has 0 amide bonds. The average molecular weight is 302 g/mol. The molecule has 3 rings (SSSR count). The molecule has 1 aromatic heterocycles. The van der Waals surface area contributed by atoms with Crippen molar-refractivity contribution < 1.29 is 4.74 Å². The third-order valence-corrected chi connectivity index (χ3v) is 3.85. The van der Waals surface area contributed by atoms with Crippen LogP contribution in [0.1, 0.15) is 11.4 Å². The van der Waals surface area contributed by atoms with Gasteiger partial charge in [0.2, 0.25) is 0 Å². The molecule has 0 aliphatic carbocycles. The Morgan fingerprint density at radius 2 is 2.29 bits per heavy atom. The predicted molar refractivity (Wildman–Crippen MR) is 85.3 cm³/mol. The molecule has 0 unspecified atom stereocenters. The number of benzene rings is 1. The Balaban J connectivity index is 1.51. The minimum atomic E-state index is 0.392. The topological polar surface area (TPSA) is 56.3 Å². The van der Waals surface area contributed by atoms with Gasteiger partial charge in [-0.05, 0) is 12.1 Å².